The van der Waals surface area contributed by atoms with Crippen LogP contribution in [-0.2, 0) is 17.4 Å². The summed E-state index contributed by atoms with van der Waals surface area (Å²) in [4.78, 5) is 12.3. The van der Waals surface area contributed by atoms with Gasteiger partial charge in [-0.2, -0.15) is 13.2 Å². The highest BCUT2D eigenvalue weighted by atomic mass is 32.2. The quantitative estimate of drug-likeness (QED) is 0.745. The number of methoxy groups -OCH3 is 1. The van der Waals surface area contributed by atoms with Crippen LogP contribution >= 0.6 is 11.8 Å². The number of benzene rings is 2. The van der Waals surface area contributed by atoms with Crippen LogP contribution in [0.5, 0.6) is 5.75 Å². The molecule has 0 aliphatic heterocycles. The number of amides is 1. The Morgan fingerprint density at radius 2 is 1.92 bits per heavy atom. The highest BCUT2D eigenvalue weighted by Gasteiger charge is 2.30. The van der Waals surface area contributed by atoms with Gasteiger partial charge in [0.05, 0.1) is 18.4 Å². The first-order valence-electron chi connectivity index (χ1n) is 7.59. The van der Waals surface area contributed by atoms with E-state index in [1.165, 1.54) is 6.07 Å². The molecule has 0 aromatic heterocycles. The lowest BCUT2D eigenvalue weighted by Gasteiger charge is -2.10. The third-order valence-corrected chi connectivity index (χ3v) is 4.43. The van der Waals surface area contributed by atoms with Gasteiger partial charge in [0.2, 0.25) is 5.91 Å². The van der Waals surface area contributed by atoms with E-state index >= 15 is 0 Å². The Morgan fingerprint density at radius 3 is 2.64 bits per heavy atom. The van der Waals surface area contributed by atoms with Gasteiger partial charge in [0, 0.05) is 11.4 Å². The summed E-state index contributed by atoms with van der Waals surface area (Å²) in [5.41, 5.74) is 0.268. The van der Waals surface area contributed by atoms with Crippen molar-refractivity contribution in [2.45, 2.75) is 17.5 Å². The number of para-hydroxylation sites is 1. The van der Waals surface area contributed by atoms with Crippen molar-refractivity contribution in [3.05, 3.63) is 59.7 Å². The monoisotopic (exact) mass is 369 g/mol. The van der Waals surface area contributed by atoms with Gasteiger partial charge in [-0.15, -0.1) is 11.8 Å². The Balaban J connectivity index is 1.79. The largest absolute Gasteiger partial charge is 0.496 e. The lowest BCUT2D eigenvalue weighted by atomic mass is 10.1. The molecule has 1 N–H and O–H groups in total. The van der Waals surface area contributed by atoms with Crippen molar-refractivity contribution in [3.8, 4) is 5.75 Å². The molecule has 2 aromatic carbocycles. The van der Waals surface area contributed by atoms with Crippen molar-refractivity contribution in [2.24, 2.45) is 0 Å². The molecule has 0 unspecified atom stereocenters. The number of thioether (sulfide) groups is 1. The van der Waals surface area contributed by atoms with Crippen LogP contribution in [0.1, 0.15) is 11.1 Å². The molecule has 0 aliphatic rings. The molecule has 0 fully saturated rings. The fourth-order valence-electron chi connectivity index (χ4n) is 2.21. The highest BCUT2D eigenvalue weighted by Crippen LogP contribution is 2.31. The number of ether oxygens (including phenoxy) is 1. The topological polar surface area (TPSA) is 38.3 Å². The molecule has 1 amide bonds. The minimum atomic E-state index is -4.38. The number of rotatable bonds is 7. The third kappa shape index (κ3) is 6.01. The average molecular weight is 369 g/mol. The normalized spacial score (nSPS) is 11.2. The zero-order valence-corrected chi connectivity index (χ0v) is 14.4. The molecule has 25 heavy (non-hydrogen) atoms. The second kappa shape index (κ2) is 8.80. The van der Waals surface area contributed by atoms with E-state index in [1.54, 1.807) is 13.2 Å². The van der Waals surface area contributed by atoms with Gasteiger partial charge in [-0.25, -0.2) is 0 Å². The van der Waals surface area contributed by atoms with Gasteiger partial charge < -0.3 is 10.1 Å². The fraction of sp³-hybridized carbons (Fsp3) is 0.278. The maximum absolute atomic E-state index is 12.7. The standard InChI is InChI=1S/C18H18F3NO2S/c1-24-16-8-3-2-5-13(16)9-10-22-17(23)12-25-15-7-4-6-14(11-15)18(19,20)21/h2-8,11H,9-10,12H2,1H3,(H,22,23). The Bertz CT molecular complexity index is 719. The van der Waals surface area contributed by atoms with Crippen LogP contribution in [0.15, 0.2) is 53.4 Å². The van der Waals surface area contributed by atoms with E-state index in [4.69, 9.17) is 4.74 Å². The number of carbonyl (C=O) groups excluding carboxylic acids is 1. The maximum Gasteiger partial charge on any atom is 0.416 e. The first kappa shape index (κ1) is 19.2. The van der Waals surface area contributed by atoms with Gasteiger partial charge >= 0.3 is 6.18 Å². The van der Waals surface area contributed by atoms with Crippen molar-refractivity contribution in [3.63, 3.8) is 0 Å². The Hall–Kier alpha value is -2.15. The van der Waals surface area contributed by atoms with Gasteiger partial charge in [0.25, 0.3) is 0 Å². The summed E-state index contributed by atoms with van der Waals surface area (Å²) in [5.74, 6) is 0.597. The first-order chi connectivity index (χ1) is 11.9. The molecule has 3 nitrogen and oxygen atoms in total. The molecule has 0 bridgehead atoms. The van der Waals surface area contributed by atoms with Crippen LogP contribution < -0.4 is 10.1 Å². The maximum atomic E-state index is 12.7. The van der Waals surface area contributed by atoms with E-state index in [0.717, 1.165) is 35.2 Å². The smallest absolute Gasteiger partial charge is 0.416 e. The molecule has 2 rings (SSSR count). The molecular formula is C18H18F3NO2S. The van der Waals surface area contributed by atoms with Gasteiger partial charge in [-0.05, 0) is 36.2 Å². The molecular weight excluding hydrogens is 351 g/mol. The number of halogens is 3. The summed E-state index contributed by atoms with van der Waals surface area (Å²) < 4.78 is 43.2. The lowest BCUT2D eigenvalue weighted by Crippen LogP contribution is -2.27. The van der Waals surface area contributed by atoms with Crippen molar-refractivity contribution in [2.75, 3.05) is 19.4 Å². The van der Waals surface area contributed by atoms with Crippen LogP contribution in [-0.4, -0.2) is 25.3 Å². The summed E-state index contributed by atoms with van der Waals surface area (Å²) in [6.07, 6.45) is -3.77. The molecule has 2 aromatic rings. The SMILES string of the molecule is COc1ccccc1CCNC(=O)CSc1cccc(C(F)(F)F)c1. The van der Waals surface area contributed by atoms with Crippen LogP contribution in [0.25, 0.3) is 0 Å². The summed E-state index contributed by atoms with van der Waals surface area (Å²) in [5, 5.41) is 2.76. The number of carbonyl (C=O) groups is 1. The van der Waals surface area contributed by atoms with Crippen LogP contribution in [0.4, 0.5) is 13.2 Å². The van der Waals surface area contributed by atoms with E-state index in [1.807, 2.05) is 24.3 Å². The third-order valence-electron chi connectivity index (χ3n) is 3.44. The molecule has 134 valence electrons. The molecule has 0 heterocycles. The van der Waals surface area contributed by atoms with Gasteiger partial charge in [-0.3, -0.25) is 4.79 Å². The molecule has 7 heteroatoms. The predicted octanol–water partition coefficient (Wildman–Crippen LogP) is 4.17. The van der Waals surface area contributed by atoms with Crippen LogP contribution in [0.3, 0.4) is 0 Å². The Labute approximate surface area is 148 Å². The zero-order valence-electron chi connectivity index (χ0n) is 13.6. The van der Waals surface area contributed by atoms with E-state index in [2.05, 4.69) is 5.32 Å². The van der Waals surface area contributed by atoms with Gasteiger partial charge in [-0.1, -0.05) is 24.3 Å². The lowest BCUT2D eigenvalue weighted by molar-refractivity contribution is -0.137. The number of alkyl halides is 3. The van der Waals surface area contributed by atoms with E-state index < -0.39 is 11.7 Å². The van der Waals surface area contributed by atoms with Crippen molar-refractivity contribution in [1.82, 2.24) is 5.32 Å². The second-order valence-electron chi connectivity index (χ2n) is 5.23. The first-order valence-corrected chi connectivity index (χ1v) is 8.57. The van der Waals surface area contributed by atoms with Crippen molar-refractivity contribution < 1.29 is 22.7 Å². The van der Waals surface area contributed by atoms with E-state index in [-0.39, 0.29) is 11.7 Å². The minimum Gasteiger partial charge on any atom is -0.496 e. The number of hydrogen-bond donors (Lipinski definition) is 1. The highest BCUT2D eigenvalue weighted by molar-refractivity contribution is 8.00. The summed E-state index contributed by atoms with van der Waals surface area (Å²) in [7, 11) is 1.59. The summed E-state index contributed by atoms with van der Waals surface area (Å²) >= 11 is 1.08. The molecule has 0 radical (unpaired) electrons. The van der Waals surface area contributed by atoms with Crippen LogP contribution in [0.2, 0.25) is 0 Å². The average Bonchev–Trinajstić information content (AvgIpc) is 2.60. The Kier molecular flexibility index (Phi) is 6.75. The molecule has 0 atom stereocenters. The summed E-state index contributed by atoms with van der Waals surface area (Å²) in [6, 6.07) is 12.5. The number of nitrogens with one attached hydrogen (secondary N) is 1. The second-order valence-corrected chi connectivity index (χ2v) is 6.27. The summed E-state index contributed by atoms with van der Waals surface area (Å²) in [6.45, 7) is 0.433. The van der Waals surface area contributed by atoms with E-state index in [9.17, 15) is 18.0 Å². The van der Waals surface area contributed by atoms with Gasteiger partial charge in [0.1, 0.15) is 5.75 Å². The Morgan fingerprint density at radius 1 is 1.16 bits per heavy atom. The fourth-order valence-corrected chi connectivity index (χ4v) is 2.99. The van der Waals surface area contributed by atoms with Crippen molar-refractivity contribution >= 4 is 17.7 Å². The molecule has 0 spiro atoms. The molecule has 0 saturated heterocycles. The van der Waals surface area contributed by atoms with Crippen molar-refractivity contribution in [1.29, 1.82) is 0 Å². The minimum absolute atomic E-state index is 0.0627. The number of hydrogen-bond acceptors (Lipinski definition) is 3. The van der Waals surface area contributed by atoms with Crippen LogP contribution in [0, 0.1) is 0 Å². The van der Waals surface area contributed by atoms with E-state index in [0.29, 0.717) is 17.9 Å². The zero-order chi connectivity index (χ0) is 18.3. The van der Waals surface area contributed by atoms with Gasteiger partial charge in [0.15, 0.2) is 0 Å². The predicted molar refractivity (Wildman–Crippen MR) is 91.9 cm³/mol. The molecule has 0 saturated carbocycles. The molecule has 0 aliphatic carbocycles.